The summed E-state index contributed by atoms with van der Waals surface area (Å²) in [6.45, 7) is 0.423. The molecule has 1 aliphatic rings. The van der Waals surface area contributed by atoms with Crippen LogP contribution >= 0.6 is 11.8 Å². The maximum Gasteiger partial charge on any atom is 0.337 e. The van der Waals surface area contributed by atoms with E-state index in [1.807, 2.05) is 77.5 Å². The number of amides is 1. The van der Waals surface area contributed by atoms with E-state index in [0.717, 1.165) is 16.7 Å². The number of esters is 1. The first-order chi connectivity index (χ1) is 17.1. The van der Waals surface area contributed by atoms with Gasteiger partial charge in [0.2, 0.25) is 11.1 Å². The smallest absolute Gasteiger partial charge is 0.337 e. The zero-order valence-electron chi connectivity index (χ0n) is 18.9. The number of thioether (sulfide) groups is 1. The second-order valence-electron chi connectivity index (χ2n) is 7.97. The van der Waals surface area contributed by atoms with Gasteiger partial charge >= 0.3 is 5.97 Å². The topological polar surface area (TPSA) is 98.1 Å². The highest BCUT2D eigenvalue weighted by atomic mass is 32.2. The molecular weight excluding hydrogens is 462 g/mol. The molecule has 0 saturated carbocycles. The molecule has 176 valence electrons. The summed E-state index contributed by atoms with van der Waals surface area (Å²) < 4.78 is 6.63. The van der Waals surface area contributed by atoms with E-state index in [4.69, 9.17) is 4.74 Å². The highest BCUT2D eigenvalue weighted by Gasteiger charge is 2.38. The van der Waals surface area contributed by atoms with Crippen molar-refractivity contribution < 1.29 is 14.3 Å². The number of hydrogen-bond donors (Lipinski definition) is 2. The summed E-state index contributed by atoms with van der Waals surface area (Å²) in [4.78, 5) is 25.3. The molecule has 8 nitrogen and oxygen atoms in total. The van der Waals surface area contributed by atoms with E-state index in [-0.39, 0.29) is 5.91 Å². The molecule has 0 aliphatic carbocycles. The number of methoxy groups -OCH3 is 1. The van der Waals surface area contributed by atoms with Crippen molar-refractivity contribution in [2.75, 3.05) is 12.5 Å². The lowest BCUT2D eigenvalue weighted by atomic mass is 10.0. The summed E-state index contributed by atoms with van der Waals surface area (Å²) in [6, 6.07) is 26.2. The van der Waals surface area contributed by atoms with Gasteiger partial charge in [-0.1, -0.05) is 84.6 Å². The maximum absolute atomic E-state index is 13.4. The number of fused-ring (bicyclic) bond motifs is 1. The Balaban J connectivity index is 1.46. The third-order valence-electron chi connectivity index (χ3n) is 5.73. The first-order valence-corrected chi connectivity index (χ1v) is 12.0. The molecule has 35 heavy (non-hydrogen) atoms. The van der Waals surface area contributed by atoms with Crippen molar-refractivity contribution in [3.63, 3.8) is 0 Å². The molecule has 3 aromatic carbocycles. The highest BCUT2D eigenvalue weighted by molar-refractivity contribution is 8.00. The average Bonchev–Trinajstić information content (AvgIpc) is 3.35. The maximum atomic E-state index is 13.4. The Morgan fingerprint density at radius 3 is 2.34 bits per heavy atom. The van der Waals surface area contributed by atoms with Crippen molar-refractivity contribution in [3.8, 4) is 11.4 Å². The number of carbonyl (C=O) groups excluding carboxylic acids is 2. The molecule has 2 heterocycles. The Hall–Kier alpha value is -4.11. The molecule has 2 N–H and O–H groups in total. The lowest BCUT2D eigenvalue weighted by Crippen LogP contribution is -2.43. The Kier molecular flexibility index (Phi) is 6.49. The van der Waals surface area contributed by atoms with Crippen LogP contribution in [0.3, 0.4) is 0 Å². The standard InChI is InChI=1S/C26H23N5O3S/c1-34-25(33)20-14-12-18(13-15-20)21-22(24(32)27-16-17-8-4-2-5-9-17)35-26-29-28-23(31(26)30-21)19-10-6-3-7-11-19/h2-15,21-22,30H,16H2,1H3,(H,27,32)/t21-,22-/m1/s1. The molecule has 9 heteroatoms. The summed E-state index contributed by atoms with van der Waals surface area (Å²) in [5.41, 5.74) is 6.67. The highest BCUT2D eigenvalue weighted by Crippen LogP contribution is 2.38. The molecule has 5 rings (SSSR count). The molecule has 0 unspecified atom stereocenters. The minimum Gasteiger partial charge on any atom is -0.465 e. The van der Waals surface area contributed by atoms with E-state index >= 15 is 0 Å². The lowest BCUT2D eigenvalue weighted by molar-refractivity contribution is -0.121. The van der Waals surface area contributed by atoms with Crippen molar-refractivity contribution in [2.45, 2.75) is 23.0 Å². The van der Waals surface area contributed by atoms with Crippen LogP contribution in [0.4, 0.5) is 0 Å². The average molecular weight is 486 g/mol. The van der Waals surface area contributed by atoms with Gasteiger partial charge in [-0.2, -0.15) is 0 Å². The zero-order valence-corrected chi connectivity index (χ0v) is 19.7. The Labute approximate surface area is 206 Å². The number of hydrogen-bond acceptors (Lipinski definition) is 7. The van der Waals surface area contributed by atoms with E-state index < -0.39 is 17.3 Å². The number of nitrogens with one attached hydrogen (secondary N) is 2. The fraction of sp³-hybridized carbons (Fsp3) is 0.154. The quantitative estimate of drug-likeness (QED) is 0.401. The molecule has 2 atom stereocenters. The second-order valence-corrected chi connectivity index (χ2v) is 9.08. The molecule has 0 saturated heterocycles. The number of ether oxygens (including phenoxy) is 1. The van der Waals surface area contributed by atoms with E-state index in [1.165, 1.54) is 18.9 Å². The zero-order chi connectivity index (χ0) is 24.2. The van der Waals surface area contributed by atoms with Crippen LogP contribution in [0.15, 0.2) is 90.1 Å². The predicted molar refractivity (Wildman–Crippen MR) is 133 cm³/mol. The lowest BCUT2D eigenvalue weighted by Gasteiger charge is -2.33. The van der Waals surface area contributed by atoms with Gasteiger partial charge in [0.1, 0.15) is 5.25 Å². The van der Waals surface area contributed by atoms with Crippen LogP contribution < -0.4 is 10.7 Å². The second kappa shape index (κ2) is 10.0. The van der Waals surface area contributed by atoms with Crippen LogP contribution in [-0.2, 0) is 16.1 Å². The van der Waals surface area contributed by atoms with Crippen LogP contribution in [0.5, 0.6) is 0 Å². The van der Waals surface area contributed by atoms with Gasteiger partial charge < -0.3 is 15.5 Å². The summed E-state index contributed by atoms with van der Waals surface area (Å²) in [5, 5.41) is 11.8. The Morgan fingerprint density at radius 2 is 1.66 bits per heavy atom. The predicted octanol–water partition coefficient (Wildman–Crippen LogP) is 3.81. The molecule has 1 aliphatic heterocycles. The minimum absolute atomic E-state index is 0.121. The Bertz CT molecular complexity index is 1330. The van der Waals surface area contributed by atoms with E-state index in [9.17, 15) is 9.59 Å². The van der Waals surface area contributed by atoms with Crippen LogP contribution in [0.1, 0.15) is 27.5 Å². The molecular formula is C26H23N5O3S. The third-order valence-corrected chi connectivity index (χ3v) is 6.94. The van der Waals surface area contributed by atoms with E-state index in [0.29, 0.717) is 23.1 Å². The summed E-state index contributed by atoms with van der Waals surface area (Å²) >= 11 is 1.36. The normalized spacial score (nSPS) is 16.6. The van der Waals surface area contributed by atoms with Gasteiger partial charge in [-0.25, -0.2) is 9.47 Å². The first kappa shape index (κ1) is 22.7. The van der Waals surface area contributed by atoms with Crippen molar-refractivity contribution in [1.82, 2.24) is 20.2 Å². The molecule has 4 aromatic rings. The van der Waals surface area contributed by atoms with Gasteiger partial charge in [0.25, 0.3) is 0 Å². The van der Waals surface area contributed by atoms with Gasteiger partial charge in [0.05, 0.1) is 18.7 Å². The van der Waals surface area contributed by atoms with Gasteiger partial charge in [0, 0.05) is 12.1 Å². The van der Waals surface area contributed by atoms with Crippen molar-refractivity contribution in [1.29, 1.82) is 0 Å². The molecule has 1 aromatic heterocycles. The first-order valence-electron chi connectivity index (χ1n) is 11.1. The van der Waals surface area contributed by atoms with Gasteiger partial charge in [-0.15, -0.1) is 10.2 Å². The number of carbonyl (C=O) groups is 2. The van der Waals surface area contributed by atoms with Crippen LogP contribution in [0, 0.1) is 0 Å². The largest absolute Gasteiger partial charge is 0.465 e. The van der Waals surface area contributed by atoms with E-state index in [2.05, 4.69) is 20.9 Å². The van der Waals surface area contributed by atoms with Crippen molar-refractivity contribution >= 4 is 23.6 Å². The van der Waals surface area contributed by atoms with Gasteiger partial charge in [-0.3, -0.25) is 4.79 Å². The molecule has 1 amide bonds. The molecule has 0 spiro atoms. The minimum atomic E-state index is -0.511. The third kappa shape index (κ3) is 4.76. The van der Waals surface area contributed by atoms with Crippen molar-refractivity contribution in [3.05, 3.63) is 102 Å². The van der Waals surface area contributed by atoms with Gasteiger partial charge in [-0.05, 0) is 23.3 Å². The summed E-state index contributed by atoms with van der Waals surface area (Å²) in [6.07, 6.45) is 0. The van der Waals surface area contributed by atoms with Crippen molar-refractivity contribution in [2.24, 2.45) is 0 Å². The number of rotatable bonds is 6. The van der Waals surface area contributed by atoms with Crippen LogP contribution in [-0.4, -0.2) is 39.1 Å². The fourth-order valence-corrected chi connectivity index (χ4v) is 5.01. The summed E-state index contributed by atoms with van der Waals surface area (Å²) in [7, 11) is 1.35. The fourth-order valence-electron chi connectivity index (χ4n) is 3.91. The van der Waals surface area contributed by atoms with Crippen LogP contribution in [0.2, 0.25) is 0 Å². The Morgan fingerprint density at radius 1 is 0.971 bits per heavy atom. The number of nitrogens with zero attached hydrogens (tertiary/aromatic N) is 3. The number of benzene rings is 3. The molecule has 0 fully saturated rings. The number of aromatic nitrogens is 3. The molecule has 0 bridgehead atoms. The molecule has 0 radical (unpaired) electrons. The monoisotopic (exact) mass is 485 g/mol. The van der Waals surface area contributed by atoms with Crippen LogP contribution in [0.25, 0.3) is 11.4 Å². The van der Waals surface area contributed by atoms with Gasteiger partial charge in [0.15, 0.2) is 5.82 Å². The summed E-state index contributed by atoms with van der Waals surface area (Å²) in [5.74, 6) is 0.128. The SMILES string of the molecule is COC(=O)c1ccc([C@H]2Nn3c(nnc3-c3ccccc3)S[C@H]2C(=O)NCc2ccccc2)cc1. The van der Waals surface area contributed by atoms with E-state index in [1.54, 1.807) is 12.1 Å².